The van der Waals surface area contributed by atoms with Gasteiger partial charge in [-0.25, -0.2) is 4.39 Å². The Kier molecular flexibility index (Phi) is 4.37. The van der Waals surface area contributed by atoms with Crippen LogP contribution in [0.1, 0.15) is 46.0 Å². The fourth-order valence-corrected chi connectivity index (χ4v) is 1.98. The molecule has 1 aliphatic carbocycles. The smallest absolute Gasteiger partial charge is 0.145 e. The van der Waals surface area contributed by atoms with Gasteiger partial charge < -0.3 is 5.73 Å². The predicted octanol–water partition coefficient (Wildman–Crippen LogP) is 3.71. The lowest BCUT2D eigenvalue weighted by Crippen LogP contribution is -2.23. The van der Waals surface area contributed by atoms with Crippen molar-refractivity contribution in [1.29, 1.82) is 0 Å². The molecule has 0 amide bonds. The van der Waals surface area contributed by atoms with Crippen molar-refractivity contribution in [2.24, 2.45) is 11.7 Å². The third-order valence-corrected chi connectivity index (χ3v) is 3.19. The Morgan fingerprint density at radius 1 is 1.53 bits per heavy atom. The lowest BCUT2D eigenvalue weighted by molar-refractivity contribution is 0.277. The molecule has 0 heterocycles. The molecule has 2 heteroatoms. The number of nitrogens with two attached hydrogens (primary N) is 1. The molecule has 2 atom stereocenters. The SMILES string of the molecule is C=C(N)C(F)C(CCCC)C(C)=C1CC1. The average Bonchev–Trinajstić information content (AvgIpc) is 3.00. The van der Waals surface area contributed by atoms with Crippen LogP contribution in [0.5, 0.6) is 0 Å². The quantitative estimate of drug-likeness (QED) is 0.666. The van der Waals surface area contributed by atoms with Crippen molar-refractivity contribution in [2.45, 2.75) is 52.1 Å². The molecular formula is C13H22FN. The van der Waals surface area contributed by atoms with Crippen molar-refractivity contribution in [3.63, 3.8) is 0 Å². The van der Waals surface area contributed by atoms with Crippen molar-refractivity contribution >= 4 is 0 Å². The molecular weight excluding hydrogens is 189 g/mol. The van der Waals surface area contributed by atoms with Crippen LogP contribution in [0.4, 0.5) is 4.39 Å². The zero-order chi connectivity index (χ0) is 11.4. The number of hydrogen-bond donors (Lipinski definition) is 1. The average molecular weight is 211 g/mol. The highest BCUT2D eigenvalue weighted by atomic mass is 19.1. The van der Waals surface area contributed by atoms with Gasteiger partial charge in [0.1, 0.15) is 6.17 Å². The fourth-order valence-electron chi connectivity index (χ4n) is 1.98. The Morgan fingerprint density at radius 2 is 2.13 bits per heavy atom. The van der Waals surface area contributed by atoms with Crippen LogP contribution in [-0.4, -0.2) is 6.17 Å². The zero-order valence-electron chi connectivity index (χ0n) is 9.85. The van der Waals surface area contributed by atoms with Crippen molar-refractivity contribution in [2.75, 3.05) is 0 Å². The van der Waals surface area contributed by atoms with E-state index in [1.165, 1.54) is 11.1 Å². The van der Waals surface area contributed by atoms with Gasteiger partial charge in [0, 0.05) is 11.6 Å². The van der Waals surface area contributed by atoms with Crippen LogP contribution in [-0.2, 0) is 0 Å². The highest BCUT2D eigenvalue weighted by molar-refractivity contribution is 5.27. The minimum Gasteiger partial charge on any atom is -0.400 e. The van der Waals surface area contributed by atoms with E-state index in [1.807, 2.05) is 0 Å². The Morgan fingerprint density at radius 3 is 2.53 bits per heavy atom. The summed E-state index contributed by atoms with van der Waals surface area (Å²) in [7, 11) is 0. The summed E-state index contributed by atoms with van der Waals surface area (Å²) in [5.41, 5.74) is 8.31. The third-order valence-electron chi connectivity index (χ3n) is 3.19. The first-order valence-electron chi connectivity index (χ1n) is 5.84. The molecule has 0 bridgehead atoms. The first-order chi connectivity index (χ1) is 7.07. The minimum absolute atomic E-state index is 0.0278. The summed E-state index contributed by atoms with van der Waals surface area (Å²) in [6.45, 7) is 7.71. The normalized spacial score (nSPS) is 18.5. The molecule has 1 saturated carbocycles. The summed E-state index contributed by atoms with van der Waals surface area (Å²) >= 11 is 0. The molecule has 1 fully saturated rings. The number of halogens is 1. The van der Waals surface area contributed by atoms with Crippen LogP contribution in [0, 0.1) is 5.92 Å². The van der Waals surface area contributed by atoms with E-state index in [1.54, 1.807) is 0 Å². The Hall–Kier alpha value is -0.790. The van der Waals surface area contributed by atoms with E-state index in [9.17, 15) is 4.39 Å². The topological polar surface area (TPSA) is 26.0 Å². The molecule has 1 aliphatic rings. The van der Waals surface area contributed by atoms with Gasteiger partial charge in [-0.15, -0.1) is 0 Å². The molecule has 1 rings (SSSR count). The lowest BCUT2D eigenvalue weighted by atomic mass is 9.88. The summed E-state index contributed by atoms with van der Waals surface area (Å²) < 4.78 is 13.9. The van der Waals surface area contributed by atoms with Crippen LogP contribution in [0.3, 0.4) is 0 Å². The molecule has 86 valence electrons. The summed E-state index contributed by atoms with van der Waals surface area (Å²) in [4.78, 5) is 0. The van der Waals surface area contributed by atoms with Crippen LogP contribution >= 0.6 is 0 Å². The maximum Gasteiger partial charge on any atom is 0.145 e. The van der Waals surface area contributed by atoms with Gasteiger partial charge in [-0.1, -0.05) is 37.5 Å². The van der Waals surface area contributed by atoms with Crippen molar-refractivity contribution in [3.8, 4) is 0 Å². The number of rotatable bonds is 6. The van der Waals surface area contributed by atoms with Crippen molar-refractivity contribution < 1.29 is 4.39 Å². The standard InChI is InChI=1S/C13H22FN/c1-4-5-6-12(13(14)10(3)15)9(2)11-7-8-11/h12-13H,3-8,15H2,1-2H3. The van der Waals surface area contributed by atoms with E-state index in [0.29, 0.717) is 0 Å². The van der Waals surface area contributed by atoms with Gasteiger partial charge in [0.05, 0.1) is 0 Å². The first-order valence-corrected chi connectivity index (χ1v) is 5.84. The van der Waals surface area contributed by atoms with Crippen LogP contribution < -0.4 is 5.73 Å². The Bertz CT molecular complexity index is 262. The number of hydrogen-bond acceptors (Lipinski definition) is 1. The van der Waals surface area contributed by atoms with E-state index in [-0.39, 0.29) is 11.6 Å². The second-order valence-electron chi connectivity index (χ2n) is 4.51. The Labute approximate surface area is 92.2 Å². The lowest BCUT2D eigenvalue weighted by Gasteiger charge is -2.22. The zero-order valence-corrected chi connectivity index (χ0v) is 9.85. The van der Waals surface area contributed by atoms with Crippen LogP contribution in [0.25, 0.3) is 0 Å². The molecule has 0 aliphatic heterocycles. The summed E-state index contributed by atoms with van der Waals surface area (Å²) in [5, 5.41) is 0. The number of unbranched alkanes of at least 4 members (excludes halogenated alkanes) is 1. The second kappa shape index (κ2) is 5.34. The molecule has 2 N–H and O–H groups in total. The molecule has 0 saturated heterocycles. The highest BCUT2D eigenvalue weighted by Crippen LogP contribution is 2.38. The summed E-state index contributed by atoms with van der Waals surface area (Å²) in [6.07, 6.45) is 4.29. The molecule has 0 spiro atoms. The number of allylic oxidation sites excluding steroid dienone is 3. The van der Waals surface area contributed by atoms with E-state index in [0.717, 1.165) is 32.1 Å². The largest absolute Gasteiger partial charge is 0.400 e. The Balaban J connectivity index is 2.68. The van der Waals surface area contributed by atoms with Gasteiger partial charge in [-0.05, 0) is 26.2 Å². The monoisotopic (exact) mass is 211 g/mol. The second-order valence-corrected chi connectivity index (χ2v) is 4.51. The van der Waals surface area contributed by atoms with Gasteiger partial charge in [0.2, 0.25) is 0 Å². The van der Waals surface area contributed by atoms with Gasteiger partial charge in [0.25, 0.3) is 0 Å². The van der Waals surface area contributed by atoms with Crippen LogP contribution in [0.2, 0.25) is 0 Å². The highest BCUT2D eigenvalue weighted by Gasteiger charge is 2.28. The van der Waals surface area contributed by atoms with Gasteiger partial charge in [0.15, 0.2) is 0 Å². The van der Waals surface area contributed by atoms with E-state index >= 15 is 0 Å². The van der Waals surface area contributed by atoms with E-state index in [4.69, 9.17) is 5.73 Å². The van der Waals surface area contributed by atoms with Crippen molar-refractivity contribution in [3.05, 3.63) is 23.4 Å². The third kappa shape index (κ3) is 3.37. The predicted molar refractivity (Wildman–Crippen MR) is 63.2 cm³/mol. The van der Waals surface area contributed by atoms with Gasteiger partial charge in [-0.3, -0.25) is 0 Å². The molecule has 0 aromatic carbocycles. The molecule has 0 aromatic heterocycles. The van der Waals surface area contributed by atoms with E-state index < -0.39 is 6.17 Å². The van der Waals surface area contributed by atoms with Crippen LogP contribution in [0.15, 0.2) is 23.4 Å². The van der Waals surface area contributed by atoms with Gasteiger partial charge in [-0.2, -0.15) is 0 Å². The summed E-state index contributed by atoms with van der Waals surface area (Å²) in [5.74, 6) is -0.0278. The molecule has 2 unspecified atom stereocenters. The number of alkyl halides is 1. The van der Waals surface area contributed by atoms with Gasteiger partial charge >= 0.3 is 0 Å². The maximum absolute atomic E-state index is 13.9. The van der Waals surface area contributed by atoms with E-state index in [2.05, 4.69) is 20.4 Å². The molecule has 0 aromatic rings. The minimum atomic E-state index is -1.07. The molecule has 0 radical (unpaired) electrons. The summed E-state index contributed by atoms with van der Waals surface area (Å²) in [6, 6.07) is 0. The molecule has 15 heavy (non-hydrogen) atoms. The fraction of sp³-hybridized carbons (Fsp3) is 0.692. The molecule has 1 nitrogen and oxygen atoms in total. The first kappa shape index (κ1) is 12.3. The van der Waals surface area contributed by atoms with Crippen molar-refractivity contribution in [1.82, 2.24) is 0 Å². The maximum atomic E-state index is 13.9.